The Labute approximate surface area is 151 Å². The minimum Gasteiger partial charge on any atom is -0.426 e. The van der Waals surface area contributed by atoms with Crippen molar-refractivity contribution < 1.29 is 13.9 Å². The highest BCUT2D eigenvalue weighted by Gasteiger charge is 2.29. The van der Waals surface area contributed by atoms with Crippen LogP contribution in [0, 0.1) is 23.1 Å². The quantitative estimate of drug-likeness (QED) is 0.615. The van der Waals surface area contributed by atoms with Crippen LogP contribution >= 0.6 is 0 Å². The van der Waals surface area contributed by atoms with Gasteiger partial charge in [0.25, 0.3) is 0 Å². The van der Waals surface area contributed by atoms with Crippen molar-refractivity contribution in [3.05, 3.63) is 53.4 Å². The molecule has 0 radical (unpaired) electrons. The van der Waals surface area contributed by atoms with E-state index in [1.165, 1.54) is 12.1 Å². The minimum atomic E-state index is -0.686. The maximum Gasteiger partial charge on any atom is 0.314 e. The molecule has 1 fully saturated rings. The normalized spacial score (nSPS) is 19.6. The average Bonchev–Trinajstić information content (AvgIpc) is 2.68. The molecule has 0 N–H and O–H groups in total. The lowest BCUT2D eigenvalue weighted by molar-refractivity contribution is -0.140. The molecule has 0 aliphatic heterocycles. The Bertz CT molecular complexity index is 822. The van der Waals surface area contributed by atoms with Crippen molar-refractivity contribution in [3.63, 3.8) is 0 Å². The van der Waals surface area contributed by atoms with E-state index < -0.39 is 5.82 Å². The van der Waals surface area contributed by atoms with Crippen molar-refractivity contribution in [3.8, 4) is 11.8 Å². The molecule has 5 nitrogen and oxygen atoms in total. The summed E-state index contributed by atoms with van der Waals surface area (Å²) in [4.78, 5) is 21.2. The largest absolute Gasteiger partial charge is 0.426 e. The molecular weight excluding hydrogens is 333 g/mol. The van der Waals surface area contributed by atoms with Crippen LogP contribution in [0.25, 0.3) is 0 Å². The number of rotatable bonds is 4. The zero-order valence-corrected chi connectivity index (χ0v) is 14.6. The van der Waals surface area contributed by atoms with Crippen LogP contribution in [0.15, 0.2) is 30.6 Å². The third kappa shape index (κ3) is 4.05. The van der Waals surface area contributed by atoms with E-state index in [0.29, 0.717) is 12.8 Å². The second-order valence-electron chi connectivity index (χ2n) is 6.53. The first kappa shape index (κ1) is 18.0. The van der Waals surface area contributed by atoms with E-state index in [2.05, 4.69) is 16.9 Å². The molecule has 1 heterocycles. The molecule has 0 spiro atoms. The maximum atomic E-state index is 13.6. The molecule has 0 bridgehead atoms. The average molecular weight is 353 g/mol. The summed E-state index contributed by atoms with van der Waals surface area (Å²) in [5, 5.41) is 8.74. The van der Waals surface area contributed by atoms with Crippen LogP contribution in [-0.2, 0) is 11.2 Å². The van der Waals surface area contributed by atoms with Crippen LogP contribution < -0.4 is 4.74 Å². The fourth-order valence-electron chi connectivity index (χ4n) is 3.19. The van der Waals surface area contributed by atoms with Gasteiger partial charge in [0.05, 0.1) is 11.5 Å². The molecule has 0 amide bonds. The number of carbonyl (C=O) groups excluding carboxylic acids is 1. The number of carbonyl (C=O) groups is 1. The molecule has 0 atom stereocenters. The number of hydrogen-bond acceptors (Lipinski definition) is 5. The summed E-state index contributed by atoms with van der Waals surface area (Å²) < 4.78 is 18.9. The molecule has 0 saturated heterocycles. The molecule has 3 rings (SSSR count). The highest BCUT2D eigenvalue weighted by Crippen LogP contribution is 2.35. The zero-order chi connectivity index (χ0) is 18.5. The third-order valence-corrected chi connectivity index (χ3v) is 4.84. The predicted octanol–water partition coefficient (Wildman–Crippen LogP) is 3.93. The standard InChI is InChI=1S/C20H20FN3O2/c1-2-13-11-23-19(24-12-13)14-3-5-15(6-4-14)20(25)26-17-8-7-16(10-22)18(21)9-17/h7-9,11-12,14-15H,2-6H2,1H3. The van der Waals surface area contributed by atoms with Gasteiger partial charge >= 0.3 is 5.97 Å². The number of ether oxygens (including phenoxy) is 1. The van der Waals surface area contributed by atoms with E-state index >= 15 is 0 Å². The minimum absolute atomic E-state index is 0.0700. The summed E-state index contributed by atoms with van der Waals surface area (Å²) in [5.41, 5.74) is 1.04. The van der Waals surface area contributed by atoms with Crippen molar-refractivity contribution in [2.75, 3.05) is 0 Å². The van der Waals surface area contributed by atoms with Gasteiger partial charge in [-0.15, -0.1) is 0 Å². The fraction of sp³-hybridized carbons (Fsp3) is 0.400. The maximum absolute atomic E-state index is 13.6. The smallest absolute Gasteiger partial charge is 0.314 e. The number of esters is 1. The van der Waals surface area contributed by atoms with Crippen molar-refractivity contribution in [2.24, 2.45) is 5.92 Å². The lowest BCUT2D eigenvalue weighted by atomic mass is 9.81. The molecule has 1 saturated carbocycles. The van der Waals surface area contributed by atoms with Gasteiger partial charge in [-0.1, -0.05) is 6.92 Å². The summed E-state index contributed by atoms with van der Waals surface area (Å²) in [5.74, 6) is -0.0172. The Morgan fingerprint density at radius 2 is 1.96 bits per heavy atom. The molecular formula is C20H20FN3O2. The van der Waals surface area contributed by atoms with Gasteiger partial charge in [0.15, 0.2) is 0 Å². The van der Waals surface area contributed by atoms with E-state index in [0.717, 1.165) is 36.7 Å². The van der Waals surface area contributed by atoms with E-state index in [1.807, 2.05) is 12.4 Å². The second-order valence-corrected chi connectivity index (χ2v) is 6.53. The summed E-state index contributed by atoms with van der Waals surface area (Å²) in [6.45, 7) is 2.06. The number of benzene rings is 1. The SMILES string of the molecule is CCc1cnc(C2CCC(C(=O)Oc3ccc(C#N)c(F)c3)CC2)nc1. The number of aryl methyl sites for hydroxylation is 1. The zero-order valence-electron chi connectivity index (χ0n) is 14.6. The van der Waals surface area contributed by atoms with Crippen molar-refractivity contribution >= 4 is 5.97 Å². The van der Waals surface area contributed by atoms with E-state index in [1.54, 1.807) is 6.07 Å². The van der Waals surface area contributed by atoms with Gasteiger partial charge in [-0.3, -0.25) is 4.79 Å². The van der Waals surface area contributed by atoms with Gasteiger partial charge in [-0.05, 0) is 49.8 Å². The first-order chi connectivity index (χ1) is 12.6. The number of halogens is 1. The number of nitriles is 1. The molecule has 0 unspecified atom stereocenters. The molecule has 1 aliphatic carbocycles. The molecule has 134 valence electrons. The third-order valence-electron chi connectivity index (χ3n) is 4.84. The lowest BCUT2D eigenvalue weighted by Crippen LogP contribution is -2.25. The molecule has 2 aromatic rings. The van der Waals surface area contributed by atoms with Crippen LogP contribution in [0.2, 0.25) is 0 Å². The molecule has 1 aromatic heterocycles. The summed E-state index contributed by atoms with van der Waals surface area (Å²) in [6.07, 6.45) is 7.68. The first-order valence-corrected chi connectivity index (χ1v) is 8.82. The monoisotopic (exact) mass is 353 g/mol. The van der Waals surface area contributed by atoms with Crippen molar-refractivity contribution in [1.29, 1.82) is 5.26 Å². The Kier molecular flexibility index (Phi) is 5.57. The number of nitrogens with zero attached hydrogens (tertiary/aromatic N) is 3. The first-order valence-electron chi connectivity index (χ1n) is 8.82. The Hall–Kier alpha value is -2.81. The van der Waals surface area contributed by atoms with Gasteiger partial charge < -0.3 is 4.74 Å². The predicted molar refractivity (Wildman–Crippen MR) is 92.9 cm³/mol. The fourth-order valence-corrected chi connectivity index (χ4v) is 3.19. The van der Waals surface area contributed by atoms with Crippen LogP contribution in [0.4, 0.5) is 4.39 Å². The lowest BCUT2D eigenvalue weighted by Gasteiger charge is -2.26. The van der Waals surface area contributed by atoms with Gasteiger partial charge in [0.1, 0.15) is 23.5 Å². The summed E-state index contributed by atoms with van der Waals surface area (Å²) in [6, 6.07) is 5.56. The van der Waals surface area contributed by atoms with Gasteiger partial charge in [0, 0.05) is 24.4 Å². The highest BCUT2D eigenvalue weighted by molar-refractivity contribution is 5.75. The Balaban J connectivity index is 1.56. The molecule has 6 heteroatoms. The van der Waals surface area contributed by atoms with Gasteiger partial charge in [0.2, 0.25) is 0 Å². The van der Waals surface area contributed by atoms with E-state index in [9.17, 15) is 9.18 Å². The van der Waals surface area contributed by atoms with Crippen LogP contribution in [0.3, 0.4) is 0 Å². The van der Waals surface area contributed by atoms with Crippen LogP contribution in [0.5, 0.6) is 5.75 Å². The second kappa shape index (κ2) is 8.05. The topological polar surface area (TPSA) is 75.9 Å². The number of hydrogen-bond donors (Lipinski definition) is 0. The van der Waals surface area contributed by atoms with E-state index in [-0.39, 0.29) is 29.1 Å². The van der Waals surface area contributed by atoms with Crippen molar-refractivity contribution in [2.45, 2.75) is 44.9 Å². The molecule has 26 heavy (non-hydrogen) atoms. The Morgan fingerprint density at radius 3 is 2.54 bits per heavy atom. The summed E-state index contributed by atoms with van der Waals surface area (Å²) >= 11 is 0. The van der Waals surface area contributed by atoms with Gasteiger partial charge in [-0.25, -0.2) is 14.4 Å². The summed E-state index contributed by atoms with van der Waals surface area (Å²) in [7, 11) is 0. The van der Waals surface area contributed by atoms with Crippen LogP contribution in [-0.4, -0.2) is 15.9 Å². The number of aromatic nitrogens is 2. The van der Waals surface area contributed by atoms with Crippen LogP contribution in [0.1, 0.15) is 55.5 Å². The van der Waals surface area contributed by atoms with E-state index in [4.69, 9.17) is 10.00 Å². The molecule has 1 aromatic carbocycles. The highest BCUT2D eigenvalue weighted by atomic mass is 19.1. The van der Waals surface area contributed by atoms with Crippen molar-refractivity contribution in [1.82, 2.24) is 9.97 Å². The van der Waals surface area contributed by atoms with Gasteiger partial charge in [-0.2, -0.15) is 5.26 Å². The molecule has 1 aliphatic rings. The Morgan fingerprint density at radius 1 is 1.27 bits per heavy atom.